The molecule has 0 aliphatic heterocycles. The Morgan fingerprint density at radius 2 is 1.75 bits per heavy atom. The third-order valence-electron chi connectivity index (χ3n) is 3.25. The maximum absolute atomic E-state index is 12.6. The number of phenolic OH excluding ortho intramolecular Hbond substituents is 1. The van der Waals surface area contributed by atoms with Crippen LogP contribution in [0.15, 0.2) is 42.5 Å². The van der Waals surface area contributed by atoms with Gasteiger partial charge in [-0.3, -0.25) is 4.79 Å². The molecule has 0 atom stereocenters. The molecule has 24 heavy (non-hydrogen) atoms. The highest BCUT2D eigenvalue weighted by Crippen LogP contribution is 2.31. The van der Waals surface area contributed by atoms with Crippen LogP contribution in [0.3, 0.4) is 0 Å². The second-order valence-corrected chi connectivity index (χ2v) is 6.57. The van der Waals surface area contributed by atoms with Gasteiger partial charge in [0.25, 0.3) is 0 Å². The van der Waals surface area contributed by atoms with E-state index in [1.54, 1.807) is 42.5 Å². The number of phenols is 1. The minimum Gasteiger partial charge on any atom is -0.504 e. The Balaban J connectivity index is 2.23. The molecule has 0 saturated heterocycles. The molecule has 4 heteroatoms. The summed E-state index contributed by atoms with van der Waals surface area (Å²) in [4.78, 5) is 12.6. The molecule has 0 fully saturated rings. The van der Waals surface area contributed by atoms with E-state index in [9.17, 15) is 9.90 Å². The largest absolute Gasteiger partial charge is 0.504 e. The van der Waals surface area contributed by atoms with Gasteiger partial charge >= 0.3 is 0 Å². The van der Waals surface area contributed by atoms with Crippen LogP contribution in [0.2, 0.25) is 0 Å². The van der Waals surface area contributed by atoms with Crippen molar-refractivity contribution < 1.29 is 19.4 Å². The lowest BCUT2D eigenvalue weighted by atomic mass is 10.0. The van der Waals surface area contributed by atoms with Crippen molar-refractivity contribution in [2.75, 3.05) is 6.61 Å². The zero-order valence-corrected chi connectivity index (χ0v) is 14.6. The predicted octanol–water partition coefficient (Wildman–Crippen LogP) is 4.59. The van der Waals surface area contributed by atoms with Gasteiger partial charge in [0.2, 0.25) is 0 Å². The quantitative estimate of drug-likeness (QED) is 0.788. The van der Waals surface area contributed by atoms with Crippen LogP contribution in [0.25, 0.3) is 0 Å². The first-order valence-electron chi connectivity index (χ1n) is 8.10. The van der Waals surface area contributed by atoms with Gasteiger partial charge in [0.15, 0.2) is 17.3 Å². The van der Waals surface area contributed by atoms with Crippen LogP contribution in [-0.2, 0) is 0 Å². The van der Waals surface area contributed by atoms with Gasteiger partial charge in [0.1, 0.15) is 11.4 Å². The molecule has 2 aromatic rings. The summed E-state index contributed by atoms with van der Waals surface area (Å²) in [6, 6.07) is 11.9. The minimum absolute atomic E-state index is 0.119. The van der Waals surface area contributed by atoms with Crippen LogP contribution in [-0.4, -0.2) is 23.1 Å². The van der Waals surface area contributed by atoms with E-state index in [-0.39, 0.29) is 22.7 Å². The van der Waals surface area contributed by atoms with Crippen molar-refractivity contribution in [3.63, 3.8) is 0 Å². The highest BCUT2D eigenvalue weighted by atomic mass is 16.5. The zero-order valence-electron chi connectivity index (χ0n) is 14.6. The fourth-order valence-corrected chi connectivity index (χ4v) is 2.22. The summed E-state index contributed by atoms with van der Waals surface area (Å²) in [5.74, 6) is 0.654. The normalized spacial score (nSPS) is 11.2. The van der Waals surface area contributed by atoms with Crippen LogP contribution in [0.4, 0.5) is 0 Å². The van der Waals surface area contributed by atoms with Crippen molar-refractivity contribution in [1.29, 1.82) is 0 Å². The van der Waals surface area contributed by atoms with Crippen LogP contribution in [0, 0.1) is 0 Å². The average Bonchev–Trinajstić information content (AvgIpc) is 2.52. The van der Waals surface area contributed by atoms with Gasteiger partial charge < -0.3 is 14.6 Å². The Hall–Kier alpha value is -2.49. The van der Waals surface area contributed by atoms with E-state index in [0.717, 1.165) is 6.42 Å². The topological polar surface area (TPSA) is 55.8 Å². The molecule has 2 rings (SSSR count). The lowest BCUT2D eigenvalue weighted by molar-refractivity contribution is 0.103. The van der Waals surface area contributed by atoms with Crippen molar-refractivity contribution in [2.24, 2.45) is 0 Å². The molecule has 0 aliphatic rings. The van der Waals surface area contributed by atoms with Crippen molar-refractivity contribution >= 4 is 5.78 Å². The molecule has 0 heterocycles. The SMILES string of the molecule is CCCOc1cccc(C(=O)c2ccc(OC(C)(C)C)cc2)c1O. The van der Waals surface area contributed by atoms with Crippen molar-refractivity contribution in [1.82, 2.24) is 0 Å². The number of para-hydroxylation sites is 1. The molecule has 0 aromatic heterocycles. The van der Waals surface area contributed by atoms with Gasteiger partial charge in [-0.05, 0) is 63.6 Å². The van der Waals surface area contributed by atoms with Crippen LogP contribution >= 0.6 is 0 Å². The lowest BCUT2D eigenvalue weighted by Crippen LogP contribution is -2.22. The summed E-state index contributed by atoms with van der Waals surface area (Å²) in [6.45, 7) is 8.36. The van der Waals surface area contributed by atoms with Gasteiger partial charge in [-0.25, -0.2) is 0 Å². The summed E-state index contributed by atoms with van der Waals surface area (Å²) < 4.78 is 11.2. The molecule has 128 valence electrons. The number of carbonyl (C=O) groups excluding carboxylic acids is 1. The van der Waals surface area contributed by atoms with Crippen LogP contribution in [0.5, 0.6) is 17.2 Å². The van der Waals surface area contributed by atoms with E-state index in [4.69, 9.17) is 9.47 Å². The molecule has 0 aliphatic carbocycles. The minimum atomic E-state index is -0.297. The molecule has 2 aromatic carbocycles. The summed E-state index contributed by atoms with van der Waals surface area (Å²) in [6.07, 6.45) is 0.826. The molecular formula is C20H24O4. The molecule has 1 N–H and O–H groups in total. The number of aromatic hydroxyl groups is 1. The fourth-order valence-electron chi connectivity index (χ4n) is 2.22. The number of ketones is 1. The first-order valence-corrected chi connectivity index (χ1v) is 8.10. The first kappa shape index (κ1) is 17.9. The Bertz CT molecular complexity index is 697. The zero-order chi connectivity index (χ0) is 17.7. The number of ether oxygens (including phenoxy) is 2. The molecule has 0 spiro atoms. The Labute approximate surface area is 143 Å². The van der Waals surface area contributed by atoms with E-state index in [2.05, 4.69) is 0 Å². The van der Waals surface area contributed by atoms with E-state index in [1.807, 2.05) is 27.7 Å². The third kappa shape index (κ3) is 4.51. The van der Waals surface area contributed by atoms with E-state index < -0.39 is 0 Å². The summed E-state index contributed by atoms with van der Waals surface area (Å²) in [7, 11) is 0. The van der Waals surface area contributed by atoms with Gasteiger partial charge in [0.05, 0.1) is 12.2 Å². The highest BCUT2D eigenvalue weighted by Gasteiger charge is 2.17. The maximum atomic E-state index is 12.6. The Kier molecular flexibility index (Phi) is 5.50. The van der Waals surface area contributed by atoms with Gasteiger partial charge in [-0.2, -0.15) is 0 Å². The predicted molar refractivity (Wildman–Crippen MR) is 94.1 cm³/mol. The number of benzene rings is 2. The maximum Gasteiger partial charge on any atom is 0.196 e. The van der Waals surface area contributed by atoms with Crippen molar-refractivity contribution in [2.45, 2.75) is 39.7 Å². The molecule has 0 amide bonds. The second-order valence-electron chi connectivity index (χ2n) is 6.57. The Morgan fingerprint density at radius 3 is 2.33 bits per heavy atom. The summed E-state index contributed by atoms with van der Waals surface area (Å²) in [5, 5.41) is 10.3. The number of hydrogen-bond acceptors (Lipinski definition) is 4. The van der Waals surface area contributed by atoms with Crippen LogP contribution in [0.1, 0.15) is 50.0 Å². The van der Waals surface area contributed by atoms with Crippen molar-refractivity contribution in [3.05, 3.63) is 53.6 Å². The van der Waals surface area contributed by atoms with Gasteiger partial charge in [0, 0.05) is 5.56 Å². The Morgan fingerprint density at radius 1 is 1.08 bits per heavy atom. The van der Waals surface area contributed by atoms with Crippen molar-refractivity contribution in [3.8, 4) is 17.2 Å². The number of rotatable bonds is 6. The van der Waals surface area contributed by atoms with Crippen LogP contribution < -0.4 is 9.47 Å². The second kappa shape index (κ2) is 7.39. The standard InChI is InChI=1S/C20H24O4/c1-5-13-23-17-8-6-7-16(19(17)22)18(21)14-9-11-15(12-10-14)24-20(2,3)4/h6-12,22H,5,13H2,1-4H3. The highest BCUT2D eigenvalue weighted by molar-refractivity contribution is 6.11. The first-order chi connectivity index (χ1) is 11.3. The molecule has 0 unspecified atom stereocenters. The summed E-state index contributed by atoms with van der Waals surface area (Å²) >= 11 is 0. The molecule has 0 bridgehead atoms. The third-order valence-corrected chi connectivity index (χ3v) is 3.25. The number of carbonyl (C=O) groups is 1. The lowest BCUT2D eigenvalue weighted by Gasteiger charge is -2.21. The smallest absolute Gasteiger partial charge is 0.196 e. The van der Waals surface area contributed by atoms with Gasteiger partial charge in [-0.15, -0.1) is 0 Å². The monoisotopic (exact) mass is 328 g/mol. The molecule has 4 nitrogen and oxygen atoms in total. The average molecular weight is 328 g/mol. The molecular weight excluding hydrogens is 304 g/mol. The van der Waals surface area contributed by atoms with E-state index in [0.29, 0.717) is 23.7 Å². The van der Waals surface area contributed by atoms with E-state index in [1.165, 1.54) is 0 Å². The molecule has 0 radical (unpaired) electrons. The van der Waals surface area contributed by atoms with E-state index >= 15 is 0 Å². The molecule has 0 saturated carbocycles. The number of hydrogen-bond donors (Lipinski definition) is 1. The van der Waals surface area contributed by atoms with Gasteiger partial charge in [-0.1, -0.05) is 13.0 Å². The summed E-state index contributed by atoms with van der Waals surface area (Å²) in [5.41, 5.74) is 0.418. The fraction of sp³-hybridized carbons (Fsp3) is 0.350.